The molecule has 0 fully saturated rings. The maximum absolute atomic E-state index is 11.4. The molecule has 6 heteroatoms. The molecule has 0 aliphatic carbocycles. The number of hydrogen-bond donors (Lipinski definition) is 0. The zero-order valence-electron chi connectivity index (χ0n) is 12.1. The number of ether oxygens (including phenoxy) is 1. The quantitative estimate of drug-likeness (QED) is 0.353. The van der Waals surface area contributed by atoms with E-state index in [0.29, 0.717) is 12.4 Å². The molecule has 0 aliphatic heterocycles. The second-order valence-corrected chi connectivity index (χ2v) is 4.38. The summed E-state index contributed by atoms with van der Waals surface area (Å²) in [6.45, 7) is 2.50. The van der Waals surface area contributed by atoms with Gasteiger partial charge in [0.25, 0.3) is 0 Å². The minimum atomic E-state index is -0.745. The summed E-state index contributed by atoms with van der Waals surface area (Å²) >= 11 is 0. The highest BCUT2D eigenvalue weighted by atomic mass is 16.5. The van der Waals surface area contributed by atoms with E-state index >= 15 is 0 Å². The second kappa shape index (κ2) is 7.71. The van der Waals surface area contributed by atoms with Gasteiger partial charge in [0.1, 0.15) is 5.94 Å². The zero-order valence-corrected chi connectivity index (χ0v) is 12.1. The lowest BCUT2D eigenvalue weighted by Gasteiger charge is -2.00. The third-order valence-electron chi connectivity index (χ3n) is 2.76. The van der Waals surface area contributed by atoms with Gasteiger partial charge < -0.3 is 9.30 Å². The molecule has 2 rings (SSSR count). The number of benzene rings is 1. The highest BCUT2D eigenvalue weighted by Crippen LogP contribution is 2.10. The normalized spacial score (nSPS) is 10.4. The van der Waals surface area contributed by atoms with Crippen LogP contribution in [0.1, 0.15) is 12.5 Å². The minimum Gasteiger partial charge on any atom is -0.462 e. The molecule has 6 nitrogen and oxygen atoms in total. The van der Waals surface area contributed by atoms with Gasteiger partial charge in [0.05, 0.1) is 25.3 Å². The van der Waals surface area contributed by atoms with E-state index < -0.39 is 5.97 Å². The maximum Gasteiger partial charge on any atom is 0.351 e. The molecule has 0 amide bonds. The molecule has 1 aromatic heterocycles. The highest BCUT2D eigenvalue weighted by Gasteiger charge is 2.09. The number of carbonyl (C=O) groups excluding carboxylic acids is 2. The number of nitrogens with zero attached hydrogens (tertiary/aromatic N) is 3. The Bertz CT molecular complexity index is 713. The van der Waals surface area contributed by atoms with Crippen molar-refractivity contribution in [1.82, 2.24) is 9.55 Å². The van der Waals surface area contributed by atoms with Crippen LogP contribution < -0.4 is 0 Å². The smallest absolute Gasteiger partial charge is 0.351 e. The maximum atomic E-state index is 11.4. The molecular formula is C16H15N3O3. The van der Waals surface area contributed by atoms with Crippen LogP contribution >= 0.6 is 0 Å². The van der Waals surface area contributed by atoms with E-state index in [4.69, 9.17) is 4.74 Å². The minimum absolute atomic E-state index is 0.184. The van der Waals surface area contributed by atoms with Gasteiger partial charge in [-0.25, -0.2) is 19.6 Å². The molecule has 0 unspecified atom stereocenters. The summed E-state index contributed by atoms with van der Waals surface area (Å²) < 4.78 is 6.57. The molecule has 0 radical (unpaired) electrons. The first-order valence-electron chi connectivity index (χ1n) is 6.75. The van der Waals surface area contributed by atoms with Crippen LogP contribution in [-0.2, 0) is 20.9 Å². The van der Waals surface area contributed by atoms with Crippen LogP contribution in [0, 0.1) is 0 Å². The Kier molecular flexibility index (Phi) is 5.40. The van der Waals surface area contributed by atoms with Crippen molar-refractivity contribution in [3.8, 4) is 0 Å². The number of imidazole rings is 1. The van der Waals surface area contributed by atoms with Crippen LogP contribution in [0.4, 0.5) is 5.82 Å². The predicted octanol–water partition coefficient (Wildman–Crippen LogP) is 1.95. The van der Waals surface area contributed by atoms with E-state index in [1.807, 2.05) is 34.9 Å². The summed E-state index contributed by atoms with van der Waals surface area (Å²) in [5, 5.41) is 0. The van der Waals surface area contributed by atoms with E-state index in [1.54, 1.807) is 19.4 Å². The highest BCUT2D eigenvalue weighted by molar-refractivity contribution is 6.16. The first-order chi connectivity index (χ1) is 10.7. The number of rotatable bonds is 6. The molecule has 0 spiro atoms. The molecule has 112 valence electrons. The lowest BCUT2D eigenvalue weighted by molar-refractivity contribution is -0.137. The Hall–Kier alpha value is -2.98. The monoisotopic (exact) mass is 297 g/mol. The molecule has 0 N–H and O–H groups in total. The first-order valence-corrected chi connectivity index (χ1v) is 6.75. The SMILES string of the molecule is CCOC(=O)C(=C=O)/C=N\c1cn(Cc2ccccc2)cn1. The summed E-state index contributed by atoms with van der Waals surface area (Å²) in [5.74, 6) is 1.16. The number of carbonyl (C=O) groups is 1. The van der Waals surface area contributed by atoms with Crippen molar-refractivity contribution in [2.24, 2.45) is 4.99 Å². The van der Waals surface area contributed by atoms with E-state index in [2.05, 4.69) is 9.98 Å². The Morgan fingerprint density at radius 1 is 1.41 bits per heavy atom. The largest absolute Gasteiger partial charge is 0.462 e. The van der Waals surface area contributed by atoms with Gasteiger partial charge in [-0.05, 0) is 12.5 Å². The Labute approximate surface area is 127 Å². The van der Waals surface area contributed by atoms with Crippen LogP contribution in [-0.4, -0.2) is 34.3 Å². The molecule has 1 aromatic carbocycles. The van der Waals surface area contributed by atoms with Crippen molar-refractivity contribution < 1.29 is 14.3 Å². The number of aromatic nitrogens is 2. The van der Waals surface area contributed by atoms with Crippen molar-refractivity contribution in [2.75, 3.05) is 6.61 Å². The number of hydrogen-bond acceptors (Lipinski definition) is 5. The van der Waals surface area contributed by atoms with Gasteiger partial charge in [0.2, 0.25) is 0 Å². The summed E-state index contributed by atoms with van der Waals surface area (Å²) in [6.07, 6.45) is 4.46. The first kappa shape index (κ1) is 15.4. The standard InChI is InChI=1S/C16H15N3O3/c1-2-22-16(21)14(11-20)8-17-15-10-19(12-18-15)9-13-6-4-3-5-7-13/h3-8,10,12H,2,9H2,1H3/b17-8-. The van der Waals surface area contributed by atoms with Gasteiger partial charge in [0, 0.05) is 6.54 Å². The zero-order chi connectivity index (χ0) is 15.8. The average molecular weight is 297 g/mol. The molecule has 0 atom stereocenters. The molecule has 0 saturated heterocycles. The number of esters is 1. The molecule has 1 heterocycles. The van der Waals surface area contributed by atoms with Gasteiger partial charge in [-0.1, -0.05) is 30.3 Å². The second-order valence-electron chi connectivity index (χ2n) is 4.38. The Morgan fingerprint density at radius 2 is 2.18 bits per heavy atom. The van der Waals surface area contributed by atoms with Crippen molar-refractivity contribution in [1.29, 1.82) is 0 Å². The van der Waals surface area contributed by atoms with Crippen LogP contribution in [0.2, 0.25) is 0 Å². The third kappa shape index (κ3) is 4.26. The van der Waals surface area contributed by atoms with Crippen LogP contribution in [0.25, 0.3) is 0 Å². The summed E-state index contributed by atoms with van der Waals surface area (Å²) in [4.78, 5) is 30.2. The number of aliphatic imine (C=N–C) groups is 1. The summed E-state index contributed by atoms with van der Waals surface area (Å²) in [7, 11) is 0. The third-order valence-corrected chi connectivity index (χ3v) is 2.76. The van der Waals surface area contributed by atoms with Gasteiger partial charge in [-0.15, -0.1) is 0 Å². The lowest BCUT2D eigenvalue weighted by atomic mass is 10.2. The molecule has 0 saturated carbocycles. The molecule has 0 bridgehead atoms. The Balaban J connectivity index is 2.04. The fourth-order valence-electron chi connectivity index (χ4n) is 1.76. The predicted molar refractivity (Wildman–Crippen MR) is 81.8 cm³/mol. The summed E-state index contributed by atoms with van der Waals surface area (Å²) in [5.41, 5.74) is 0.870. The van der Waals surface area contributed by atoms with Crippen molar-refractivity contribution in [3.63, 3.8) is 0 Å². The molecule has 0 aliphatic rings. The molecule has 22 heavy (non-hydrogen) atoms. The molecule has 2 aromatic rings. The van der Waals surface area contributed by atoms with Crippen LogP contribution in [0.15, 0.2) is 53.4 Å². The average Bonchev–Trinajstić information content (AvgIpc) is 2.97. The molecular weight excluding hydrogens is 282 g/mol. The van der Waals surface area contributed by atoms with E-state index in [0.717, 1.165) is 11.8 Å². The van der Waals surface area contributed by atoms with Crippen molar-refractivity contribution >= 4 is 23.9 Å². The topological polar surface area (TPSA) is 73.6 Å². The van der Waals surface area contributed by atoms with Gasteiger partial charge in [0.15, 0.2) is 11.4 Å². The summed E-state index contributed by atoms with van der Waals surface area (Å²) in [6, 6.07) is 9.90. The van der Waals surface area contributed by atoms with Crippen molar-refractivity contribution in [2.45, 2.75) is 13.5 Å². The van der Waals surface area contributed by atoms with Gasteiger partial charge >= 0.3 is 5.97 Å². The van der Waals surface area contributed by atoms with Crippen LogP contribution in [0.3, 0.4) is 0 Å². The fraction of sp³-hybridized carbons (Fsp3) is 0.188. The van der Waals surface area contributed by atoms with Gasteiger partial charge in [-0.3, -0.25) is 0 Å². The van der Waals surface area contributed by atoms with Crippen LogP contribution in [0.5, 0.6) is 0 Å². The Morgan fingerprint density at radius 3 is 2.86 bits per heavy atom. The van der Waals surface area contributed by atoms with Crippen molar-refractivity contribution in [3.05, 3.63) is 54.0 Å². The lowest BCUT2D eigenvalue weighted by Crippen LogP contribution is -2.09. The van der Waals surface area contributed by atoms with E-state index in [-0.39, 0.29) is 12.2 Å². The fourth-order valence-corrected chi connectivity index (χ4v) is 1.76. The van der Waals surface area contributed by atoms with Gasteiger partial charge in [-0.2, -0.15) is 0 Å². The van der Waals surface area contributed by atoms with E-state index in [1.165, 1.54) is 5.94 Å². The van der Waals surface area contributed by atoms with E-state index in [9.17, 15) is 9.59 Å².